The van der Waals surface area contributed by atoms with Crippen LogP contribution in [0.2, 0.25) is 0 Å². The largest absolute Gasteiger partial charge is 0.481 e. The number of aliphatic carboxylic acids is 1. The van der Waals surface area contributed by atoms with E-state index in [2.05, 4.69) is 6.58 Å². The molecule has 33 heavy (non-hydrogen) atoms. The molecule has 0 aromatic heterocycles. The first-order valence-corrected chi connectivity index (χ1v) is 11.6. The van der Waals surface area contributed by atoms with Gasteiger partial charge in [0.25, 0.3) is 5.91 Å². The van der Waals surface area contributed by atoms with Crippen LogP contribution in [0, 0.1) is 25.7 Å². The van der Waals surface area contributed by atoms with E-state index in [0.717, 1.165) is 16.8 Å². The van der Waals surface area contributed by atoms with E-state index in [-0.39, 0.29) is 31.5 Å². The van der Waals surface area contributed by atoms with E-state index in [1.54, 1.807) is 11.0 Å². The maximum absolute atomic E-state index is 14.2. The number of benzene rings is 1. The fourth-order valence-electron chi connectivity index (χ4n) is 5.94. The van der Waals surface area contributed by atoms with Gasteiger partial charge < -0.3 is 24.7 Å². The van der Waals surface area contributed by atoms with Gasteiger partial charge >= 0.3 is 5.97 Å². The number of fused-ring (bicyclic) bond motifs is 1. The smallest absolute Gasteiger partial charge is 0.310 e. The van der Waals surface area contributed by atoms with Crippen molar-refractivity contribution < 1.29 is 29.3 Å². The molecule has 3 aliphatic heterocycles. The van der Waals surface area contributed by atoms with Crippen LogP contribution in [0.25, 0.3) is 0 Å². The number of ether oxygens (including phenoxy) is 1. The fourth-order valence-corrected chi connectivity index (χ4v) is 5.94. The number of aryl methyl sites for hydroxylation is 2. The fraction of sp³-hybridized carbons (Fsp3) is 0.560. The first-order chi connectivity index (χ1) is 15.8. The van der Waals surface area contributed by atoms with E-state index in [9.17, 15) is 24.6 Å². The third-order valence-electron chi connectivity index (χ3n) is 7.36. The van der Waals surface area contributed by atoms with Gasteiger partial charge in [0.05, 0.1) is 17.9 Å². The van der Waals surface area contributed by atoms with E-state index in [4.69, 9.17) is 4.74 Å². The molecule has 4 rings (SSSR count). The second kappa shape index (κ2) is 8.91. The molecule has 3 fully saturated rings. The van der Waals surface area contributed by atoms with Crippen molar-refractivity contribution in [2.45, 2.75) is 57.3 Å². The summed E-state index contributed by atoms with van der Waals surface area (Å²) < 4.78 is 6.25. The van der Waals surface area contributed by atoms with Crippen LogP contribution in [0.5, 0.6) is 0 Å². The van der Waals surface area contributed by atoms with Crippen LogP contribution in [0.1, 0.15) is 36.8 Å². The third kappa shape index (κ3) is 3.65. The third-order valence-corrected chi connectivity index (χ3v) is 7.36. The van der Waals surface area contributed by atoms with Gasteiger partial charge in [-0.05, 0) is 56.7 Å². The minimum absolute atomic E-state index is 0.0172. The molecule has 2 amide bonds. The molecule has 178 valence electrons. The molecular formula is C25H32N2O6. The predicted molar refractivity (Wildman–Crippen MR) is 122 cm³/mol. The zero-order chi connectivity index (χ0) is 23.9. The maximum atomic E-state index is 14.2. The molecule has 3 saturated heterocycles. The zero-order valence-electron chi connectivity index (χ0n) is 19.2. The number of carboxylic acids is 1. The van der Waals surface area contributed by atoms with E-state index >= 15 is 0 Å². The van der Waals surface area contributed by atoms with Crippen molar-refractivity contribution in [1.29, 1.82) is 0 Å². The lowest BCUT2D eigenvalue weighted by Crippen LogP contribution is -2.56. The Morgan fingerprint density at radius 1 is 1.33 bits per heavy atom. The number of likely N-dealkylation sites (tertiary alicyclic amines) is 1. The van der Waals surface area contributed by atoms with Crippen LogP contribution in [-0.2, 0) is 19.1 Å². The summed E-state index contributed by atoms with van der Waals surface area (Å²) in [6.45, 7) is 8.20. The number of carbonyl (C=O) groups is 3. The maximum Gasteiger partial charge on any atom is 0.310 e. The molecule has 3 heterocycles. The number of nitrogens with zero attached hydrogens (tertiary/aromatic N) is 2. The quantitative estimate of drug-likeness (QED) is 0.435. The van der Waals surface area contributed by atoms with E-state index < -0.39 is 35.6 Å². The van der Waals surface area contributed by atoms with Gasteiger partial charge in [0.15, 0.2) is 0 Å². The summed E-state index contributed by atoms with van der Waals surface area (Å²) in [5.41, 5.74) is 1.52. The number of rotatable bonds is 9. The molecule has 8 nitrogen and oxygen atoms in total. The Morgan fingerprint density at radius 2 is 2.09 bits per heavy atom. The van der Waals surface area contributed by atoms with Gasteiger partial charge in [-0.1, -0.05) is 18.2 Å². The Balaban J connectivity index is 1.78. The highest BCUT2D eigenvalue weighted by atomic mass is 16.5. The number of unbranched alkanes of at least 4 members (excludes halogenated alkanes) is 1. The molecule has 2 N–H and O–H groups in total. The van der Waals surface area contributed by atoms with Crippen LogP contribution in [-0.4, -0.2) is 70.3 Å². The van der Waals surface area contributed by atoms with E-state index in [1.807, 2.05) is 32.0 Å². The lowest BCUT2D eigenvalue weighted by atomic mass is 9.70. The molecule has 8 heteroatoms. The van der Waals surface area contributed by atoms with Crippen molar-refractivity contribution in [3.63, 3.8) is 0 Å². The normalized spacial score (nSPS) is 29.9. The van der Waals surface area contributed by atoms with Crippen molar-refractivity contribution in [3.8, 4) is 0 Å². The highest BCUT2D eigenvalue weighted by molar-refractivity contribution is 6.05. The average Bonchev–Trinajstić information content (AvgIpc) is 3.41. The first-order valence-electron chi connectivity index (χ1n) is 11.6. The molecule has 1 aromatic rings. The monoisotopic (exact) mass is 456 g/mol. The lowest BCUT2D eigenvalue weighted by molar-refractivity contribution is -0.149. The Labute approximate surface area is 193 Å². The summed E-state index contributed by atoms with van der Waals surface area (Å²) in [4.78, 5) is 43.0. The summed E-state index contributed by atoms with van der Waals surface area (Å²) in [6, 6.07) is 4.95. The molecule has 1 aromatic carbocycles. The van der Waals surface area contributed by atoms with Gasteiger partial charge in [-0.2, -0.15) is 0 Å². The van der Waals surface area contributed by atoms with Crippen LogP contribution >= 0.6 is 0 Å². The van der Waals surface area contributed by atoms with Gasteiger partial charge in [-0.25, -0.2) is 0 Å². The van der Waals surface area contributed by atoms with Gasteiger partial charge in [0.2, 0.25) is 5.91 Å². The number of carboxylic acid groups (broad SMARTS) is 1. The van der Waals surface area contributed by atoms with Crippen LogP contribution in [0.4, 0.5) is 5.69 Å². The van der Waals surface area contributed by atoms with Crippen LogP contribution < -0.4 is 4.90 Å². The zero-order valence-corrected chi connectivity index (χ0v) is 19.2. The average molecular weight is 457 g/mol. The predicted octanol–water partition coefficient (Wildman–Crippen LogP) is 2.05. The number of amides is 2. The standard InChI is InChI=1S/C25H32N2O6/c1-4-11-26(17-14-15(2)7-8-16(17)3)23(30)21-25-10-9-18(33-25)19(24(31)32)20(25)22(29)27(21)12-5-6-13-28/h4,7-8,14,18-21,28H,1,5-6,9-13H2,2-3H3,(H,31,32)/t18-,19+,20+,21-,25+/m1/s1. The molecule has 0 unspecified atom stereocenters. The number of hydrogen-bond acceptors (Lipinski definition) is 5. The van der Waals surface area contributed by atoms with E-state index in [0.29, 0.717) is 25.7 Å². The second-order valence-electron chi connectivity index (χ2n) is 9.38. The summed E-state index contributed by atoms with van der Waals surface area (Å²) >= 11 is 0. The lowest BCUT2D eigenvalue weighted by Gasteiger charge is -2.37. The molecule has 0 aliphatic carbocycles. The number of hydrogen-bond donors (Lipinski definition) is 2. The Bertz CT molecular complexity index is 978. The molecule has 3 aliphatic rings. The highest BCUT2D eigenvalue weighted by Crippen LogP contribution is 2.58. The topological polar surface area (TPSA) is 107 Å². The first kappa shape index (κ1) is 23.4. The van der Waals surface area contributed by atoms with Crippen molar-refractivity contribution >= 4 is 23.5 Å². The molecule has 2 bridgehead atoms. The Hall–Kier alpha value is -2.71. The van der Waals surface area contributed by atoms with Crippen molar-refractivity contribution in [2.75, 3.05) is 24.6 Å². The summed E-state index contributed by atoms with van der Waals surface area (Å²) in [6.07, 6.45) is 3.08. The van der Waals surface area contributed by atoms with Gasteiger partial charge in [0.1, 0.15) is 11.6 Å². The number of anilines is 1. The van der Waals surface area contributed by atoms with Crippen molar-refractivity contribution in [3.05, 3.63) is 42.0 Å². The summed E-state index contributed by atoms with van der Waals surface area (Å²) in [7, 11) is 0. The summed E-state index contributed by atoms with van der Waals surface area (Å²) in [5, 5.41) is 19.1. The number of carbonyl (C=O) groups excluding carboxylic acids is 2. The molecule has 1 spiro atoms. The highest BCUT2D eigenvalue weighted by Gasteiger charge is 2.74. The van der Waals surface area contributed by atoms with E-state index in [1.165, 1.54) is 4.90 Å². The minimum Gasteiger partial charge on any atom is -0.481 e. The van der Waals surface area contributed by atoms with Gasteiger partial charge in [-0.3, -0.25) is 14.4 Å². The molecule has 5 atom stereocenters. The minimum atomic E-state index is -1.14. The molecule has 0 radical (unpaired) electrons. The van der Waals surface area contributed by atoms with Gasteiger partial charge in [-0.15, -0.1) is 6.58 Å². The van der Waals surface area contributed by atoms with Gasteiger partial charge in [0, 0.05) is 25.4 Å². The Kier molecular flexibility index (Phi) is 6.33. The van der Waals surface area contributed by atoms with Crippen molar-refractivity contribution in [1.82, 2.24) is 4.90 Å². The second-order valence-corrected chi connectivity index (χ2v) is 9.38. The molecular weight excluding hydrogens is 424 g/mol. The summed E-state index contributed by atoms with van der Waals surface area (Å²) in [5.74, 6) is -3.49. The van der Waals surface area contributed by atoms with Crippen LogP contribution in [0.15, 0.2) is 30.9 Å². The number of aliphatic hydroxyl groups is 1. The number of aliphatic hydroxyl groups excluding tert-OH is 1. The SMILES string of the molecule is C=CCN(C(=O)[C@H]1N(CCCCO)C(=O)[C@@H]2[C@@H](C(=O)O)[C@H]3CC[C@]21O3)c1cc(C)ccc1C. The molecule has 0 saturated carbocycles. The Morgan fingerprint density at radius 3 is 2.76 bits per heavy atom. The van der Waals surface area contributed by atoms with Crippen LogP contribution in [0.3, 0.4) is 0 Å². The van der Waals surface area contributed by atoms with Crippen molar-refractivity contribution in [2.24, 2.45) is 11.8 Å².